The van der Waals surface area contributed by atoms with Crippen LogP contribution in [0.2, 0.25) is 0 Å². The van der Waals surface area contributed by atoms with Crippen LogP contribution in [0.3, 0.4) is 0 Å². The Morgan fingerprint density at radius 3 is 2.24 bits per heavy atom. The summed E-state index contributed by atoms with van der Waals surface area (Å²) in [5.41, 5.74) is 14.4. The molecule has 0 N–H and O–H groups in total. The molecule has 49 heavy (non-hydrogen) atoms. The summed E-state index contributed by atoms with van der Waals surface area (Å²) in [6, 6.07) is 38.4. The first-order valence-electron chi connectivity index (χ1n) is 18.0. The number of benzene rings is 5. The number of hydrogen-bond acceptors (Lipinski definition) is 1. The minimum absolute atomic E-state index is 0.173. The van der Waals surface area contributed by atoms with E-state index >= 15 is 0 Å². The van der Waals surface area contributed by atoms with Crippen LogP contribution in [0.25, 0.3) is 33.5 Å². The highest BCUT2D eigenvalue weighted by molar-refractivity contribution is 6.00. The van der Waals surface area contributed by atoms with Crippen molar-refractivity contribution in [1.29, 1.82) is 0 Å². The predicted molar refractivity (Wildman–Crippen MR) is 217 cm³/mol. The van der Waals surface area contributed by atoms with Crippen molar-refractivity contribution in [3.8, 4) is 11.1 Å². The number of aryl methyl sites for hydroxylation is 1. The molecule has 5 aromatic carbocycles. The number of nitrogens with zero attached hydrogens (tertiary/aromatic N) is 1. The number of fused-ring (bicyclic) bond motifs is 1. The van der Waals surface area contributed by atoms with Crippen molar-refractivity contribution in [2.45, 2.75) is 73.1 Å². The summed E-state index contributed by atoms with van der Waals surface area (Å²) in [5, 5.41) is 2.58. The van der Waals surface area contributed by atoms with Crippen LogP contribution in [0.4, 0.5) is 0 Å². The molecule has 0 spiro atoms. The lowest BCUT2D eigenvalue weighted by Crippen LogP contribution is -2.04. The van der Waals surface area contributed by atoms with E-state index in [0.29, 0.717) is 0 Å². The van der Waals surface area contributed by atoms with E-state index in [1.165, 1.54) is 72.0 Å². The van der Waals surface area contributed by atoms with Gasteiger partial charge in [0.05, 0.1) is 0 Å². The second-order valence-electron chi connectivity index (χ2n) is 12.7. The Labute approximate surface area is 295 Å². The molecule has 1 atom stereocenters. The highest BCUT2D eigenvalue weighted by Crippen LogP contribution is 2.41. The van der Waals surface area contributed by atoms with Gasteiger partial charge in [-0.05, 0) is 111 Å². The summed E-state index contributed by atoms with van der Waals surface area (Å²) in [6.07, 6.45) is 18.8. The van der Waals surface area contributed by atoms with Crippen LogP contribution in [-0.4, -0.2) is 6.21 Å². The van der Waals surface area contributed by atoms with Crippen LogP contribution in [0.15, 0.2) is 144 Å². The highest BCUT2D eigenvalue weighted by Gasteiger charge is 2.21. The van der Waals surface area contributed by atoms with E-state index in [9.17, 15) is 0 Å². The molecular weight excluding hydrogens is 591 g/mol. The summed E-state index contributed by atoms with van der Waals surface area (Å²) in [6.45, 7) is 13.3. The summed E-state index contributed by atoms with van der Waals surface area (Å²) >= 11 is 0. The monoisotopic (exact) mass is 641 g/mol. The van der Waals surface area contributed by atoms with Crippen molar-refractivity contribution in [3.63, 3.8) is 0 Å². The van der Waals surface area contributed by atoms with Crippen LogP contribution in [0, 0.1) is 6.92 Å². The van der Waals surface area contributed by atoms with Gasteiger partial charge in [-0.3, -0.25) is 4.99 Å². The van der Waals surface area contributed by atoms with Gasteiger partial charge in [0.1, 0.15) is 0 Å². The van der Waals surface area contributed by atoms with E-state index in [2.05, 4.69) is 167 Å². The lowest BCUT2D eigenvalue weighted by molar-refractivity contribution is 0.927. The molecule has 0 saturated heterocycles. The van der Waals surface area contributed by atoms with Crippen LogP contribution < -0.4 is 0 Å². The normalized spacial score (nSPS) is 13.3. The van der Waals surface area contributed by atoms with Crippen molar-refractivity contribution in [3.05, 3.63) is 178 Å². The summed E-state index contributed by atoms with van der Waals surface area (Å²) in [7, 11) is 0. The van der Waals surface area contributed by atoms with Gasteiger partial charge in [-0.15, -0.1) is 0 Å². The second-order valence-corrected chi connectivity index (χ2v) is 12.7. The molecule has 0 bridgehead atoms. The number of rotatable bonds is 13. The largest absolute Gasteiger partial charge is 0.269 e. The third-order valence-corrected chi connectivity index (χ3v) is 9.44. The Morgan fingerprint density at radius 2 is 1.45 bits per heavy atom. The van der Waals surface area contributed by atoms with Gasteiger partial charge in [-0.25, -0.2) is 0 Å². The Bertz CT molecular complexity index is 2030. The van der Waals surface area contributed by atoms with Crippen molar-refractivity contribution in [2.75, 3.05) is 0 Å². The summed E-state index contributed by atoms with van der Waals surface area (Å²) < 4.78 is 0. The SMILES string of the molecule is C/C=C\N=CCc1ccccc1-c1cccc2c(C(C)c3ccccc3/C(=C(/C=C\CC)CC)c3ccc(C)c(/C=C\CC)c3)cccc12. The van der Waals surface area contributed by atoms with Crippen LogP contribution in [-0.2, 0) is 6.42 Å². The Hall–Kier alpha value is -5.01. The maximum atomic E-state index is 4.44. The van der Waals surface area contributed by atoms with Gasteiger partial charge >= 0.3 is 0 Å². The van der Waals surface area contributed by atoms with Gasteiger partial charge < -0.3 is 0 Å². The zero-order chi connectivity index (χ0) is 34.6. The van der Waals surface area contributed by atoms with Gasteiger partial charge in [0.15, 0.2) is 0 Å². The van der Waals surface area contributed by atoms with E-state index in [1.54, 1.807) is 0 Å². The zero-order valence-electron chi connectivity index (χ0n) is 30.2. The first-order valence-corrected chi connectivity index (χ1v) is 18.0. The molecule has 0 aliphatic carbocycles. The first-order chi connectivity index (χ1) is 24.0. The summed E-state index contributed by atoms with van der Waals surface area (Å²) in [4.78, 5) is 4.44. The fourth-order valence-corrected chi connectivity index (χ4v) is 6.85. The minimum atomic E-state index is 0.173. The van der Waals surface area contributed by atoms with Crippen LogP contribution >= 0.6 is 0 Å². The lowest BCUT2D eigenvalue weighted by Gasteiger charge is -2.23. The van der Waals surface area contributed by atoms with E-state index in [0.717, 1.165) is 25.7 Å². The molecule has 1 unspecified atom stereocenters. The Morgan fingerprint density at radius 1 is 0.735 bits per heavy atom. The molecule has 0 aliphatic rings. The molecule has 0 fully saturated rings. The van der Waals surface area contributed by atoms with Crippen LogP contribution in [0.5, 0.6) is 0 Å². The fourth-order valence-electron chi connectivity index (χ4n) is 6.85. The van der Waals surface area contributed by atoms with E-state index in [-0.39, 0.29) is 5.92 Å². The molecular formula is C48H51N. The first kappa shape index (κ1) is 35.3. The molecule has 1 nitrogen and oxygen atoms in total. The number of allylic oxidation sites excluding steroid dienone is 5. The van der Waals surface area contributed by atoms with Gasteiger partial charge in [0.2, 0.25) is 0 Å². The van der Waals surface area contributed by atoms with E-state index in [4.69, 9.17) is 0 Å². The van der Waals surface area contributed by atoms with Crippen LogP contribution in [0.1, 0.15) is 98.7 Å². The van der Waals surface area contributed by atoms with Gasteiger partial charge in [0, 0.05) is 24.8 Å². The molecule has 0 aliphatic heterocycles. The van der Waals surface area contributed by atoms with Gasteiger partial charge in [0.25, 0.3) is 0 Å². The van der Waals surface area contributed by atoms with Crippen molar-refractivity contribution < 1.29 is 0 Å². The maximum absolute atomic E-state index is 4.44. The van der Waals surface area contributed by atoms with Gasteiger partial charge in [-0.2, -0.15) is 0 Å². The number of hydrogen-bond donors (Lipinski definition) is 0. The van der Waals surface area contributed by atoms with Crippen molar-refractivity contribution in [1.82, 2.24) is 0 Å². The lowest BCUT2D eigenvalue weighted by atomic mass is 9.81. The quantitative estimate of drug-likeness (QED) is 0.0896. The van der Waals surface area contributed by atoms with E-state index in [1.807, 2.05) is 25.4 Å². The predicted octanol–water partition coefficient (Wildman–Crippen LogP) is 13.7. The van der Waals surface area contributed by atoms with E-state index < -0.39 is 0 Å². The molecule has 5 rings (SSSR count). The van der Waals surface area contributed by atoms with Gasteiger partial charge in [-0.1, -0.05) is 155 Å². The molecule has 0 radical (unpaired) electrons. The molecule has 0 saturated carbocycles. The molecule has 0 heterocycles. The highest BCUT2D eigenvalue weighted by atomic mass is 14.7. The fraction of sp³-hybridized carbons (Fsp3) is 0.229. The molecule has 5 aromatic rings. The zero-order valence-corrected chi connectivity index (χ0v) is 30.2. The Balaban J connectivity index is 1.68. The second kappa shape index (κ2) is 17.4. The summed E-state index contributed by atoms with van der Waals surface area (Å²) in [5.74, 6) is 0.173. The maximum Gasteiger partial charge on any atom is 0.0221 e. The third-order valence-electron chi connectivity index (χ3n) is 9.44. The average Bonchev–Trinajstić information content (AvgIpc) is 3.14. The number of aliphatic imine (C=N–C) groups is 1. The van der Waals surface area contributed by atoms with Crippen molar-refractivity contribution in [2.24, 2.45) is 4.99 Å². The molecule has 248 valence electrons. The average molecular weight is 642 g/mol. The molecule has 1 heteroatoms. The Kier molecular flexibility index (Phi) is 12.5. The molecule has 0 aromatic heterocycles. The molecule has 0 amide bonds. The van der Waals surface area contributed by atoms with Crippen molar-refractivity contribution >= 4 is 28.6 Å². The standard InChI is InChI=1S/C48H51N/c1-7-11-19-37(10-4)48(40-30-29-35(5)39(34-40)20-12-8-2)47-24-16-15-22-42(47)36(6)41-25-17-28-46-44(41)26-18-27-45(46)43-23-14-13-21-38(43)31-33-49-32-9-3/h9,11-30,32-34,36H,7-8,10,31H2,1-6H3/b19-11-,20-12-,32-9-,48-37+,49-33?. The smallest absolute Gasteiger partial charge is 0.0221 e. The topological polar surface area (TPSA) is 12.4 Å². The third kappa shape index (κ3) is 8.18. The minimum Gasteiger partial charge on any atom is -0.269 e.